The highest BCUT2D eigenvalue weighted by Gasteiger charge is 2.36. The van der Waals surface area contributed by atoms with Crippen LogP contribution in [-0.4, -0.2) is 42.4 Å². The minimum atomic E-state index is -0.432. The summed E-state index contributed by atoms with van der Waals surface area (Å²) < 4.78 is 0. The lowest BCUT2D eigenvalue weighted by Crippen LogP contribution is -2.57. The summed E-state index contributed by atoms with van der Waals surface area (Å²) >= 11 is 1.62. The third-order valence-corrected chi connectivity index (χ3v) is 4.85. The second-order valence-corrected chi connectivity index (χ2v) is 6.26. The third-order valence-electron chi connectivity index (χ3n) is 4.17. The maximum Gasteiger partial charge on any atom is 0.256 e. The molecule has 22 heavy (non-hydrogen) atoms. The maximum absolute atomic E-state index is 12.8. The molecule has 1 aromatic carbocycles. The van der Waals surface area contributed by atoms with Gasteiger partial charge in [0.2, 0.25) is 5.91 Å². The van der Waals surface area contributed by atoms with E-state index >= 15 is 0 Å². The van der Waals surface area contributed by atoms with Gasteiger partial charge in [0.25, 0.3) is 5.91 Å². The molecule has 0 saturated carbocycles. The Kier molecular flexibility index (Phi) is 3.20. The van der Waals surface area contributed by atoms with Gasteiger partial charge in [-0.15, -0.1) is 0 Å². The van der Waals surface area contributed by atoms with Gasteiger partial charge in [0.05, 0.1) is 11.3 Å². The predicted octanol–water partition coefficient (Wildman–Crippen LogP) is 1.78. The number of hydrogen-bond acceptors (Lipinski definition) is 4. The lowest BCUT2D eigenvalue weighted by molar-refractivity contribution is -0.120. The van der Waals surface area contributed by atoms with Crippen LogP contribution in [0.4, 0.5) is 5.69 Å². The standard InChI is InChI=1S/C16H15N3O2S/c20-15-14-8-17-4-5-19(14)16(21)12-7-10(1-2-13(12)18-15)11-3-6-22-9-11/h1-3,6-7,9,14,17H,4-5,8H2,(H,18,20)/t14-/m0/s1. The number of carbonyl (C=O) groups is 2. The summed E-state index contributed by atoms with van der Waals surface area (Å²) in [4.78, 5) is 26.8. The number of anilines is 1. The van der Waals surface area contributed by atoms with E-state index in [0.29, 0.717) is 24.3 Å². The summed E-state index contributed by atoms with van der Waals surface area (Å²) in [6.07, 6.45) is 0. The van der Waals surface area contributed by atoms with Crippen molar-refractivity contribution in [3.63, 3.8) is 0 Å². The predicted molar refractivity (Wildman–Crippen MR) is 86.1 cm³/mol. The molecule has 0 unspecified atom stereocenters. The zero-order valence-electron chi connectivity index (χ0n) is 11.8. The van der Waals surface area contributed by atoms with E-state index in [1.807, 2.05) is 29.6 Å². The molecule has 2 aliphatic heterocycles. The molecule has 3 heterocycles. The molecule has 1 saturated heterocycles. The SMILES string of the molecule is O=C1Nc2ccc(-c3ccsc3)cc2C(=O)N2CCNC[C@@H]12. The van der Waals surface area contributed by atoms with Crippen molar-refractivity contribution in [3.8, 4) is 11.1 Å². The van der Waals surface area contributed by atoms with E-state index in [-0.39, 0.29) is 11.8 Å². The zero-order valence-corrected chi connectivity index (χ0v) is 12.7. The molecule has 2 aliphatic rings. The van der Waals surface area contributed by atoms with Gasteiger partial charge in [-0.05, 0) is 40.1 Å². The van der Waals surface area contributed by atoms with Gasteiger partial charge in [0, 0.05) is 19.6 Å². The number of nitrogens with zero attached hydrogens (tertiary/aromatic N) is 1. The fraction of sp³-hybridized carbons (Fsp3) is 0.250. The number of nitrogens with one attached hydrogen (secondary N) is 2. The number of benzene rings is 1. The molecule has 6 heteroatoms. The highest BCUT2D eigenvalue weighted by molar-refractivity contribution is 7.08. The number of piperazine rings is 1. The van der Waals surface area contributed by atoms with Crippen LogP contribution in [0.15, 0.2) is 35.0 Å². The minimum absolute atomic E-state index is 0.0723. The van der Waals surface area contributed by atoms with Crippen LogP contribution in [0.5, 0.6) is 0 Å². The molecule has 0 radical (unpaired) electrons. The van der Waals surface area contributed by atoms with Crippen molar-refractivity contribution in [3.05, 3.63) is 40.6 Å². The van der Waals surface area contributed by atoms with Gasteiger partial charge in [-0.25, -0.2) is 0 Å². The molecule has 112 valence electrons. The van der Waals surface area contributed by atoms with E-state index in [1.165, 1.54) is 0 Å². The zero-order chi connectivity index (χ0) is 15.1. The summed E-state index contributed by atoms with van der Waals surface area (Å²) in [5.41, 5.74) is 3.26. The quantitative estimate of drug-likeness (QED) is 0.844. The first-order valence-electron chi connectivity index (χ1n) is 7.23. The molecule has 5 nitrogen and oxygen atoms in total. The number of thiophene rings is 1. The fourth-order valence-corrected chi connectivity index (χ4v) is 3.66. The Morgan fingerprint density at radius 2 is 2.09 bits per heavy atom. The monoisotopic (exact) mass is 313 g/mol. The van der Waals surface area contributed by atoms with Gasteiger partial charge in [-0.2, -0.15) is 11.3 Å². The molecule has 4 rings (SSSR count). The summed E-state index contributed by atoms with van der Waals surface area (Å²) in [6, 6.07) is 7.24. The highest BCUT2D eigenvalue weighted by atomic mass is 32.1. The Morgan fingerprint density at radius 3 is 2.91 bits per heavy atom. The number of amides is 2. The molecule has 2 amide bonds. The third kappa shape index (κ3) is 2.12. The smallest absolute Gasteiger partial charge is 0.256 e. The summed E-state index contributed by atoms with van der Waals surface area (Å²) in [6.45, 7) is 1.77. The molecular formula is C16H15N3O2S. The highest BCUT2D eigenvalue weighted by Crippen LogP contribution is 2.30. The first kappa shape index (κ1) is 13.5. The van der Waals surface area contributed by atoms with Crippen LogP contribution in [0.1, 0.15) is 10.4 Å². The number of hydrogen-bond donors (Lipinski definition) is 2. The molecule has 2 aromatic rings. The maximum atomic E-state index is 12.8. The number of rotatable bonds is 1. The van der Waals surface area contributed by atoms with Gasteiger partial charge in [-0.1, -0.05) is 6.07 Å². The second kappa shape index (κ2) is 5.23. The molecule has 1 fully saturated rings. The van der Waals surface area contributed by atoms with E-state index in [1.54, 1.807) is 16.2 Å². The molecule has 1 aromatic heterocycles. The number of carbonyl (C=O) groups excluding carboxylic acids is 2. The Balaban J connectivity index is 1.80. The fourth-order valence-electron chi connectivity index (χ4n) is 2.99. The Hall–Kier alpha value is -2.18. The number of fused-ring (bicyclic) bond motifs is 2. The van der Waals surface area contributed by atoms with Gasteiger partial charge in [0.15, 0.2) is 0 Å². The van der Waals surface area contributed by atoms with Crippen molar-refractivity contribution in [2.24, 2.45) is 0 Å². The van der Waals surface area contributed by atoms with Crippen molar-refractivity contribution in [1.29, 1.82) is 0 Å². The molecule has 0 aliphatic carbocycles. The van der Waals surface area contributed by atoms with Crippen LogP contribution in [-0.2, 0) is 4.79 Å². The van der Waals surface area contributed by atoms with Crippen molar-refractivity contribution in [2.75, 3.05) is 25.0 Å². The van der Waals surface area contributed by atoms with Crippen molar-refractivity contribution < 1.29 is 9.59 Å². The average molecular weight is 313 g/mol. The van der Waals surface area contributed by atoms with Gasteiger partial charge in [0.1, 0.15) is 6.04 Å². The lowest BCUT2D eigenvalue weighted by atomic mass is 10.0. The summed E-state index contributed by atoms with van der Waals surface area (Å²) in [7, 11) is 0. The van der Waals surface area contributed by atoms with Crippen molar-refractivity contribution in [1.82, 2.24) is 10.2 Å². The van der Waals surface area contributed by atoms with Crippen LogP contribution in [0.2, 0.25) is 0 Å². The Bertz CT molecular complexity index is 742. The van der Waals surface area contributed by atoms with E-state index in [9.17, 15) is 9.59 Å². The van der Waals surface area contributed by atoms with Crippen molar-refractivity contribution >= 4 is 28.8 Å². The topological polar surface area (TPSA) is 61.4 Å². The summed E-state index contributed by atoms with van der Waals surface area (Å²) in [5, 5.41) is 10.1. The Labute approximate surface area is 131 Å². The molecule has 2 N–H and O–H groups in total. The summed E-state index contributed by atoms with van der Waals surface area (Å²) in [5.74, 6) is -0.195. The first-order chi connectivity index (χ1) is 10.7. The normalized spacial score (nSPS) is 20.9. The van der Waals surface area contributed by atoms with Crippen LogP contribution in [0, 0.1) is 0 Å². The lowest BCUT2D eigenvalue weighted by Gasteiger charge is -2.33. The second-order valence-electron chi connectivity index (χ2n) is 5.48. The molecule has 0 spiro atoms. The first-order valence-corrected chi connectivity index (χ1v) is 8.17. The molecule has 0 bridgehead atoms. The van der Waals surface area contributed by atoms with Gasteiger partial charge < -0.3 is 15.5 Å². The van der Waals surface area contributed by atoms with E-state index in [4.69, 9.17) is 0 Å². The van der Waals surface area contributed by atoms with Gasteiger partial charge in [-0.3, -0.25) is 9.59 Å². The van der Waals surface area contributed by atoms with Crippen LogP contribution in [0.25, 0.3) is 11.1 Å². The van der Waals surface area contributed by atoms with E-state index < -0.39 is 6.04 Å². The Morgan fingerprint density at radius 1 is 1.18 bits per heavy atom. The van der Waals surface area contributed by atoms with Gasteiger partial charge >= 0.3 is 0 Å². The largest absolute Gasteiger partial charge is 0.324 e. The minimum Gasteiger partial charge on any atom is -0.324 e. The van der Waals surface area contributed by atoms with Crippen LogP contribution >= 0.6 is 11.3 Å². The molecular weight excluding hydrogens is 298 g/mol. The van der Waals surface area contributed by atoms with E-state index in [0.717, 1.165) is 17.7 Å². The van der Waals surface area contributed by atoms with Crippen molar-refractivity contribution in [2.45, 2.75) is 6.04 Å². The molecule has 1 atom stereocenters. The average Bonchev–Trinajstić information content (AvgIpc) is 3.06. The van der Waals surface area contributed by atoms with E-state index in [2.05, 4.69) is 16.0 Å². The van der Waals surface area contributed by atoms with Crippen LogP contribution < -0.4 is 10.6 Å². The van der Waals surface area contributed by atoms with Crippen LogP contribution in [0.3, 0.4) is 0 Å².